The van der Waals surface area contributed by atoms with Gasteiger partial charge >= 0.3 is 0 Å². The van der Waals surface area contributed by atoms with Crippen LogP contribution in [0, 0.1) is 5.41 Å². The van der Waals surface area contributed by atoms with Gasteiger partial charge in [-0.2, -0.15) is 0 Å². The number of rotatable bonds is 6. The molecule has 26 heavy (non-hydrogen) atoms. The van der Waals surface area contributed by atoms with Crippen LogP contribution >= 0.6 is 0 Å². The summed E-state index contributed by atoms with van der Waals surface area (Å²) in [5, 5.41) is 0. The van der Waals surface area contributed by atoms with E-state index in [0.717, 1.165) is 38.4 Å². The Kier molecular flexibility index (Phi) is 5.58. The number of hydrogen-bond donors (Lipinski definition) is 0. The smallest absolute Gasteiger partial charge is 0.0889 e. The Balaban J connectivity index is 1.20. The molecular weight excluding hydrogens is 326 g/mol. The summed E-state index contributed by atoms with van der Waals surface area (Å²) in [6.07, 6.45) is 9.38. The van der Waals surface area contributed by atoms with E-state index in [9.17, 15) is 0 Å². The fourth-order valence-electron chi connectivity index (χ4n) is 4.06. The third-order valence-electron chi connectivity index (χ3n) is 5.61. The highest BCUT2D eigenvalue weighted by atomic mass is 16.5. The second-order valence-electron chi connectivity index (χ2n) is 7.61. The lowest BCUT2D eigenvalue weighted by Crippen LogP contribution is -2.40. The summed E-state index contributed by atoms with van der Waals surface area (Å²) in [7, 11) is 0. The molecule has 5 nitrogen and oxygen atoms in total. The molecule has 2 aromatic heterocycles. The number of pyridine rings is 2. The molecule has 138 valence electrons. The average molecular weight is 353 g/mol. The lowest BCUT2D eigenvalue weighted by molar-refractivity contribution is 0.00554. The summed E-state index contributed by atoms with van der Waals surface area (Å²) in [6, 6.07) is 10.1. The van der Waals surface area contributed by atoms with E-state index in [1.807, 2.05) is 36.7 Å². The van der Waals surface area contributed by atoms with Crippen molar-refractivity contribution in [3.63, 3.8) is 0 Å². The second kappa shape index (κ2) is 8.25. The van der Waals surface area contributed by atoms with Crippen molar-refractivity contribution in [2.45, 2.75) is 38.5 Å². The van der Waals surface area contributed by atoms with Gasteiger partial charge in [-0.25, -0.2) is 0 Å². The molecule has 2 aliphatic heterocycles. The first-order chi connectivity index (χ1) is 12.8. The number of aromatic nitrogens is 2. The zero-order chi connectivity index (χ0) is 17.7. The Hall–Kier alpha value is -1.82. The maximum absolute atomic E-state index is 6.06. The van der Waals surface area contributed by atoms with Crippen LogP contribution in [-0.4, -0.2) is 47.3 Å². The zero-order valence-corrected chi connectivity index (χ0v) is 15.2. The zero-order valence-electron chi connectivity index (χ0n) is 15.2. The first kappa shape index (κ1) is 17.6. The molecule has 2 aliphatic rings. The number of nitrogens with zero attached hydrogens (tertiary/aromatic N) is 3. The van der Waals surface area contributed by atoms with Gasteiger partial charge in [0.05, 0.1) is 31.6 Å². The van der Waals surface area contributed by atoms with Crippen LogP contribution in [0.2, 0.25) is 0 Å². The summed E-state index contributed by atoms with van der Waals surface area (Å²) in [5.41, 5.74) is 2.63. The lowest BCUT2D eigenvalue weighted by atomic mass is 9.76. The SMILES string of the molecule is c1ccc(COC[C@@H]2CC3(CCN(Cc4cccnc4)CC3)CO2)nc1. The quantitative estimate of drug-likeness (QED) is 0.799. The lowest BCUT2D eigenvalue weighted by Gasteiger charge is -2.38. The van der Waals surface area contributed by atoms with Crippen LogP contribution in [0.5, 0.6) is 0 Å². The van der Waals surface area contributed by atoms with Crippen molar-refractivity contribution >= 4 is 0 Å². The van der Waals surface area contributed by atoms with Crippen LogP contribution in [0.4, 0.5) is 0 Å². The molecule has 0 unspecified atom stereocenters. The Morgan fingerprint density at radius 1 is 1.15 bits per heavy atom. The van der Waals surface area contributed by atoms with E-state index in [1.54, 1.807) is 6.20 Å². The highest BCUT2D eigenvalue weighted by Gasteiger charge is 2.42. The number of ether oxygens (including phenoxy) is 2. The van der Waals surface area contributed by atoms with E-state index in [2.05, 4.69) is 20.9 Å². The molecule has 4 heterocycles. The van der Waals surface area contributed by atoms with Crippen molar-refractivity contribution in [2.75, 3.05) is 26.3 Å². The average Bonchev–Trinajstić information content (AvgIpc) is 3.08. The van der Waals surface area contributed by atoms with E-state index >= 15 is 0 Å². The van der Waals surface area contributed by atoms with Gasteiger partial charge in [0.15, 0.2) is 0 Å². The first-order valence-corrected chi connectivity index (χ1v) is 9.52. The van der Waals surface area contributed by atoms with Gasteiger partial charge in [0.2, 0.25) is 0 Å². The maximum atomic E-state index is 6.06. The van der Waals surface area contributed by atoms with Crippen LogP contribution in [0.3, 0.4) is 0 Å². The van der Waals surface area contributed by atoms with E-state index in [-0.39, 0.29) is 6.10 Å². The van der Waals surface area contributed by atoms with Gasteiger partial charge in [-0.15, -0.1) is 0 Å². The molecule has 1 atom stereocenters. The molecule has 0 amide bonds. The van der Waals surface area contributed by atoms with Crippen LogP contribution in [0.1, 0.15) is 30.5 Å². The fraction of sp³-hybridized carbons (Fsp3) is 0.524. The predicted octanol–water partition coefficient (Wildman–Crippen LogP) is 3.06. The Morgan fingerprint density at radius 2 is 2.08 bits per heavy atom. The van der Waals surface area contributed by atoms with Crippen molar-refractivity contribution in [3.8, 4) is 0 Å². The Labute approximate surface area is 155 Å². The summed E-state index contributed by atoms with van der Waals surface area (Å²) in [6.45, 7) is 5.39. The number of hydrogen-bond acceptors (Lipinski definition) is 5. The van der Waals surface area contributed by atoms with E-state index in [4.69, 9.17) is 9.47 Å². The molecule has 4 rings (SSSR count). The van der Waals surface area contributed by atoms with Crippen LogP contribution in [-0.2, 0) is 22.6 Å². The Bertz CT molecular complexity index is 672. The summed E-state index contributed by atoms with van der Waals surface area (Å²) in [5.74, 6) is 0. The standard InChI is InChI=1S/C21H27N3O2/c1-2-9-23-19(5-1)15-25-16-20-12-21(17-26-20)6-10-24(11-7-21)14-18-4-3-8-22-13-18/h1-5,8-9,13,20H,6-7,10-12,14-17H2/t20-/m0/s1. The van der Waals surface area contributed by atoms with Crippen molar-refractivity contribution in [1.82, 2.24) is 14.9 Å². The summed E-state index contributed by atoms with van der Waals surface area (Å²) in [4.78, 5) is 11.0. The molecular formula is C21H27N3O2. The largest absolute Gasteiger partial charge is 0.375 e. The van der Waals surface area contributed by atoms with E-state index in [1.165, 1.54) is 18.4 Å². The van der Waals surface area contributed by atoms with E-state index < -0.39 is 0 Å². The molecule has 0 saturated carbocycles. The second-order valence-corrected chi connectivity index (χ2v) is 7.61. The minimum absolute atomic E-state index is 0.226. The minimum Gasteiger partial charge on any atom is -0.375 e. The summed E-state index contributed by atoms with van der Waals surface area (Å²) >= 11 is 0. The van der Waals surface area contributed by atoms with Crippen molar-refractivity contribution in [3.05, 3.63) is 60.2 Å². The van der Waals surface area contributed by atoms with Crippen LogP contribution in [0.25, 0.3) is 0 Å². The van der Waals surface area contributed by atoms with Gasteiger partial charge in [-0.05, 0) is 61.5 Å². The molecule has 0 radical (unpaired) electrons. The molecule has 0 aliphatic carbocycles. The molecule has 2 fully saturated rings. The minimum atomic E-state index is 0.226. The predicted molar refractivity (Wildman–Crippen MR) is 99.4 cm³/mol. The molecule has 0 N–H and O–H groups in total. The van der Waals surface area contributed by atoms with Gasteiger partial charge in [0, 0.05) is 25.1 Å². The molecule has 2 aromatic rings. The van der Waals surface area contributed by atoms with Gasteiger partial charge in [-0.3, -0.25) is 14.9 Å². The molecule has 0 bridgehead atoms. The van der Waals surface area contributed by atoms with Gasteiger partial charge < -0.3 is 9.47 Å². The van der Waals surface area contributed by atoms with Crippen molar-refractivity contribution in [2.24, 2.45) is 5.41 Å². The number of likely N-dealkylation sites (tertiary alicyclic amines) is 1. The highest BCUT2D eigenvalue weighted by Crippen LogP contribution is 2.42. The van der Waals surface area contributed by atoms with Crippen LogP contribution in [0.15, 0.2) is 48.9 Å². The number of piperidine rings is 1. The molecule has 5 heteroatoms. The normalized spacial score (nSPS) is 22.7. The van der Waals surface area contributed by atoms with Crippen LogP contribution < -0.4 is 0 Å². The fourth-order valence-corrected chi connectivity index (χ4v) is 4.06. The third-order valence-corrected chi connectivity index (χ3v) is 5.61. The van der Waals surface area contributed by atoms with Gasteiger partial charge in [0.1, 0.15) is 0 Å². The first-order valence-electron chi connectivity index (χ1n) is 9.52. The molecule has 2 saturated heterocycles. The summed E-state index contributed by atoms with van der Waals surface area (Å²) < 4.78 is 11.9. The topological polar surface area (TPSA) is 47.5 Å². The molecule has 1 spiro atoms. The van der Waals surface area contributed by atoms with Gasteiger partial charge in [-0.1, -0.05) is 12.1 Å². The van der Waals surface area contributed by atoms with E-state index in [0.29, 0.717) is 18.6 Å². The van der Waals surface area contributed by atoms with Gasteiger partial charge in [0.25, 0.3) is 0 Å². The monoisotopic (exact) mass is 353 g/mol. The van der Waals surface area contributed by atoms with Crippen molar-refractivity contribution in [1.29, 1.82) is 0 Å². The highest BCUT2D eigenvalue weighted by molar-refractivity contribution is 5.08. The maximum Gasteiger partial charge on any atom is 0.0889 e. The van der Waals surface area contributed by atoms with Crippen molar-refractivity contribution < 1.29 is 9.47 Å². The Morgan fingerprint density at radius 3 is 2.85 bits per heavy atom. The molecule has 0 aromatic carbocycles. The third kappa shape index (κ3) is 4.47.